The number of hydrogen-bond acceptors (Lipinski definition) is 5. The first-order valence-electron chi connectivity index (χ1n) is 1.76. The van der Waals surface area contributed by atoms with E-state index in [-0.39, 0.29) is 0 Å². The predicted molar refractivity (Wildman–Crippen MR) is 22.3 cm³/mol. The highest BCUT2D eigenvalue weighted by atomic mass is 16.6. The first-order valence-corrected chi connectivity index (χ1v) is 1.76. The molecule has 0 heterocycles. The summed E-state index contributed by atoms with van der Waals surface area (Å²) in [5, 5.41) is 15.4. The standard InChI is InChI=1S/C4N2O3/c5-1-3(7)9-4(8)2-6. The largest absolute Gasteiger partial charge is 0.419 e. The van der Waals surface area contributed by atoms with E-state index in [0.717, 1.165) is 12.1 Å². The van der Waals surface area contributed by atoms with E-state index in [0.29, 0.717) is 0 Å². The van der Waals surface area contributed by atoms with Crippen molar-refractivity contribution < 1.29 is 14.3 Å². The molecular weight excluding hydrogens is 124 g/mol. The molecule has 0 bridgehead atoms. The van der Waals surface area contributed by atoms with Crippen molar-refractivity contribution in [2.45, 2.75) is 0 Å². The molecule has 0 fully saturated rings. The number of rotatable bonds is 0. The summed E-state index contributed by atoms with van der Waals surface area (Å²) in [7, 11) is 0. The van der Waals surface area contributed by atoms with Crippen molar-refractivity contribution in [2.75, 3.05) is 0 Å². The molecule has 5 nitrogen and oxygen atoms in total. The summed E-state index contributed by atoms with van der Waals surface area (Å²) in [6, 6.07) is 1.99. The second-order valence-electron chi connectivity index (χ2n) is 0.901. The van der Waals surface area contributed by atoms with E-state index in [4.69, 9.17) is 10.5 Å². The molecule has 0 saturated carbocycles. The van der Waals surface area contributed by atoms with Crippen LogP contribution in [-0.4, -0.2) is 11.9 Å². The van der Waals surface area contributed by atoms with Crippen LogP contribution in [0.3, 0.4) is 0 Å². The van der Waals surface area contributed by atoms with Crippen LogP contribution in [0.4, 0.5) is 0 Å². The van der Waals surface area contributed by atoms with Gasteiger partial charge >= 0.3 is 11.9 Å². The number of nitrogens with zero attached hydrogens (tertiary/aromatic N) is 2. The van der Waals surface area contributed by atoms with Crippen LogP contribution in [0.15, 0.2) is 0 Å². The number of carbonyl (C=O) groups is 2. The normalized spacial score (nSPS) is 6.44. The zero-order valence-corrected chi connectivity index (χ0v) is 4.12. The molecule has 0 amide bonds. The maximum Gasteiger partial charge on any atom is 0.419 e. The lowest BCUT2D eigenvalue weighted by Gasteiger charge is -1.82. The third-order valence-electron chi connectivity index (χ3n) is 0.368. The van der Waals surface area contributed by atoms with E-state index >= 15 is 0 Å². The molecule has 9 heavy (non-hydrogen) atoms. The fourth-order valence-electron chi connectivity index (χ4n) is 0.130. The summed E-state index contributed by atoms with van der Waals surface area (Å²) < 4.78 is 3.55. The molecule has 0 atom stereocenters. The zero-order chi connectivity index (χ0) is 7.28. The Morgan fingerprint density at radius 2 is 1.44 bits per heavy atom. The second kappa shape index (κ2) is 3.16. The molecule has 0 N–H and O–H groups in total. The van der Waals surface area contributed by atoms with Gasteiger partial charge in [-0.15, -0.1) is 0 Å². The average Bonchev–Trinajstić information content (AvgIpc) is 1.87. The Balaban J connectivity index is 3.82. The van der Waals surface area contributed by atoms with Gasteiger partial charge in [0.25, 0.3) is 0 Å². The minimum Gasteiger partial charge on any atom is -0.370 e. The molecule has 0 aromatic rings. The van der Waals surface area contributed by atoms with E-state index in [1.54, 1.807) is 0 Å². The van der Waals surface area contributed by atoms with Crippen LogP contribution in [0.5, 0.6) is 0 Å². The molecule has 0 aromatic heterocycles. The van der Waals surface area contributed by atoms with Crippen molar-refractivity contribution >= 4 is 11.9 Å². The quantitative estimate of drug-likeness (QED) is 0.237. The number of nitriles is 2. The summed E-state index contributed by atoms with van der Waals surface area (Å²) in [6.07, 6.45) is 0. The van der Waals surface area contributed by atoms with Gasteiger partial charge in [-0.05, 0) is 0 Å². The van der Waals surface area contributed by atoms with Crippen molar-refractivity contribution in [1.82, 2.24) is 0 Å². The Morgan fingerprint density at radius 3 is 1.67 bits per heavy atom. The van der Waals surface area contributed by atoms with Gasteiger partial charge in [-0.25, -0.2) is 9.59 Å². The molecule has 0 aromatic carbocycles. The van der Waals surface area contributed by atoms with E-state index in [9.17, 15) is 9.59 Å². The van der Waals surface area contributed by atoms with Gasteiger partial charge in [0.2, 0.25) is 0 Å². The van der Waals surface area contributed by atoms with Crippen molar-refractivity contribution in [3.05, 3.63) is 0 Å². The van der Waals surface area contributed by atoms with Crippen molar-refractivity contribution in [2.24, 2.45) is 0 Å². The predicted octanol–water partition coefficient (Wildman–Crippen LogP) is -0.897. The van der Waals surface area contributed by atoms with Crippen LogP contribution in [0, 0.1) is 22.7 Å². The highest BCUT2D eigenvalue weighted by Crippen LogP contribution is 1.74. The van der Waals surface area contributed by atoms with Crippen LogP contribution < -0.4 is 0 Å². The average molecular weight is 124 g/mol. The molecule has 0 aliphatic carbocycles. The first-order chi connectivity index (χ1) is 4.20. The van der Waals surface area contributed by atoms with Crippen LogP contribution in [0.1, 0.15) is 0 Å². The Kier molecular flexibility index (Phi) is 2.50. The Bertz CT molecular complexity index is 195. The van der Waals surface area contributed by atoms with Gasteiger partial charge in [0.05, 0.1) is 0 Å². The molecule has 0 spiro atoms. The summed E-state index contributed by atoms with van der Waals surface area (Å²) in [5.41, 5.74) is 0. The van der Waals surface area contributed by atoms with Crippen LogP contribution >= 0.6 is 0 Å². The topological polar surface area (TPSA) is 90.9 Å². The van der Waals surface area contributed by atoms with Crippen molar-refractivity contribution in [3.63, 3.8) is 0 Å². The number of esters is 2. The Morgan fingerprint density at radius 1 is 1.11 bits per heavy atom. The highest BCUT2D eigenvalue weighted by Gasteiger charge is 2.05. The van der Waals surface area contributed by atoms with Crippen LogP contribution in [-0.2, 0) is 14.3 Å². The zero-order valence-electron chi connectivity index (χ0n) is 4.12. The number of hydrogen-bond donors (Lipinski definition) is 0. The fraction of sp³-hybridized carbons (Fsp3) is 0. The summed E-state index contributed by atoms with van der Waals surface area (Å²) in [4.78, 5) is 19.7. The highest BCUT2D eigenvalue weighted by molar-refractivity contribution is 5.99. The van der Waals surface area contributed by atoms with Gasteiger partial charge in [0, 0.05) is 0 Å². The number of ether oxygens (including phenoxy) is 1. The van der Waals surface area contributed by atoms with Gasteiger partial charge in [-0.1, -0.05) is 0 Å². The van der Waals surface area contributed by atoms with Crippen LogP contribution in [0.2, 0.25) is 0 Å². The van der Waals surface area contributed by atoms with Crippen molar-refractivity contribution in [3.8, 4) is 12.1 Å². The summed E-state index contributed by atoms with van der Waals surface area (Å²) in [6.45, 7) is 0. The van der Waals surface area contributed by atoms with E-state index < -0.39 is 11.9 Å². The monoisotopic (exact) mass is 124 g/mol. The van der Waals surface area contributed by atoms with Gasteiger partial charge in [-0.3, -0.25) is 0 Å². The molecule has 5 heteroatoms. The molecule has 0 unspecified atom stereocenters. The Hall–Kier alpha value is -1.88. The molecular formula is C4N2O3. The lowest BCUT2D eigenvalue weighted by molar-refractivity contribution is -0.151. The molecule has 44 valence electrons. The van der Waals surface area contributed by atoms with Crippen LogP contribution in [0.25, 0.3) is 0 Å². The third kappa shape index (κ3) is 2.77. The summed E-state index contributed by atoms with van der Waals surface area (Å²) in [5.74, 6) is -2.75. The van der Waals surface area contributed by atoms with Gasteiger partial charge in [-0.2, -0.15) is 10.5 Å². The van der Waals surface area contributed by atoms with Gasteiger partial charge < -0.3 is 4.74 Å². The van der Waals surface area contributed by atoms with E-state index in [1.807, 2.05) is 0 Å². The minimum atomic E-state index is -1.37. The Labute approximate surface area is 50.1 Å². The third-order valence-corrected chi connectivity index (χ3v) is 0.368. The molecule has 0 aliphatic rings. The molecule has 0 rings (SSSR count). The molecule has 0 radical (unpaired) electrons. The SMILES string of the molecule is N#CC(=O)OC(=O)C#N. The van der Waals surface area contributed by atoms with Gasteiger partial charge in [0.15, 0.2) is 12.1 Å². The maximum absolute atomic E-state index is 9.83. The minimum absolute atomic E-state index is 0.997. The number of carbonyl (C=O) groups excluding carboxylic acids is 2. The lowest BCUT2D eigenvalue weighted by Crippen LogP contribution is -2.06. The fourth-order valence-corrected chi connectivity index (χ4v) is 0.130. The van der Waals surface area contributed by atoms with E-state index in [1.165, 1.54) is 0 Å². The second-order valence-corrected chi connectivity index (χ2v) is 0.901. The molecule has 0 saturated heterocycles. The smallest absolute Gasteiger partial charge is 0.370 e. The summed E-state index contributed by atoms with van der Waals surface area (Å²) >= 11 is 0. The maximum atomic E-state index is 9.83. The lowest BCUT2D eigenvalue weighted by atomic mass is 10.7. The van der Waals surface area contributed by atoms with Crippen molar-refractivity contribution in [1.29, 1.82) is 10.5 Å². The molecule has 0 aliphatic heterocycles. The first kappa shape index (κ1) is 7.12. The van der Waals surface area contributed by atoms with Gasteiger partial charge in [0.1, 0.15) is 0 Å². The van der Waals surface area contributed by atoms with E-state index in [2.05, 4.69) is 4.74 Å².